The van der Waals surface area contributed by atoms with Crippen LogP contribution in [-0.2, 0) is 9.47 Å². The van der Waals surface area contributed by atoms with Crippen LogP contribution in [0.4, 0.5) is 0 Å². The van der Waals surface area contributed by atoms with Crippen LogP contribution in [0.25, 0.3) is 0 Å². The summed E-state index contributed by atoms with van der Waals surface area (Å²) in [6, 6.07) is 0. The van der Waals surface area contributed by atoms with Crippen molar-refractivity contribution in [2.45, 2.75) is 44.9 Å². The van der Waals surface area contributed by atoms with Crippen LogP contribution in [0.2, 0.25) is 0 Å². The van der Waals surface area contributed by atoms with Gasteiger partial charge in [-0.1, -0.05) is 0 Å². The Morgan fingerprint density at radius 1 is 1.33 bits per heavy atom. The summed E-state index contributed by atoms with van der Waals surface area (Å²) >= 11 is 0. The van der Waals surface area contributed by atoms with Gasteiger partial charge in [0.1, 0.15) is 12.2 Å². The molecule has 0 amide bonds. The molecule has 1 saturated heterocycles. The van der Waals surface area contributed by atoms with Gasteiger partial charge in [-0.05, 0) is 20.8 Å². The van der Waals surface area contributed by atoms with Crippen LogP contribution in [0.15, 0.2) is 0 Å². The maximum Gasteiger partial charge on any atom is 0.163 e. The molecule has 3 unspecified atom stereocenters. The zero-order chi connectivity index (χ0) is 9.35. The number of rotatable bonds is 1. The Morgan fingerprint density at radius 3 is 2.42 bits per heavy atom. The summed E-state index contributed by atoms with van der Waals surface area (Å²) in [5, 5.41) is 18.3. The van der Waals surface area contributed by atoms with E-state index in [4.69, 9.17) is 14.6 Å². The first-order chi connectivity index (χ1) is 5.46. The van der Waals surface area contributed by atoms with Crippen molar-refractivity contribution in [2.24, 2.45) is 0 Å². The van der Waals surface area contributed by atoms with E-state index in [1.54, 1.807) is 20.8 Å². The van der Waals surface area contributed by atoms with Crippen LogP contribution in [0.3, 0.4) is 0 Å². The summed E-state index contributed by atoms with van der Waals surface area (Å²) in [6.07, 6.45) is -1.59. The van der Waals surface area contributed by atoms with Crippen molar-refractivity contribution in [1.82, 2.24) is 0 Å². The zero-order valence-corrected chi connectivity index (χ0v) is 7.65. The Labute approximate surface area is 72.1 Å². The molecule has 0 aromatic carbocycles. The largest absolute Gasteiger partial charge is 0.394 e. The Morgan fingerprint density at radius 2 is 1.92 bits per heavy atom. The highest BCUT2D eigenvalue weighted by Crippen LogP contribution is 2.26. The molecule has 72 valence electrons. The van der Waals surface area contributed by atoms with Crippen LogP contribution in [-0.4, -0.2) is 40.9 Å². The molecule has 4 heteroatoms. The van der Waals surface area contributed by atoms with Gasteiger partial charge in [0.2, 0.25) is 0 Å². The standard InChI is InChI=1S/C8H16O4/c1-5-7(10)6(4-9)12-8(2,3)11-5/h5-7,9-10H,4H2,1-3H3. The van der Waals surface area contributed by atoms with E-state index in [1.807, 2.05) is 0 Å². The summed E-state index contributed by atoms with van der Waals surface area (Å²) in [4.78, 5) is 0. The lowest BCUT2D eigenvalue weighted by Gasteiger charge is -2.42. The summed E-state index contributed by atoms with van der Waals surface area (Å²) < 4.78 is 10.6. The second-order valence-electron chi connectivity index (χ2n) is 3.55. The molecular weight excluding hydrogens is 160 g/mol. The van der Waals surface area contributed by atoms with E-state index in [0.717, 1.165) is 0 Å². The second-order valence-corrected chi connectivity index (χ2v) is 3.55. The van der Waals surface area contributed by atoms with Crippen molar-refractivity contribution in [3.63, 3.8) is 0 Å². The maximum atomic E-state index is 9.46. The average Bonchev–Trinajstić information content (AvgIpc) is 1.96. The predicted octanol–water partition coefficient (Wildman–Crippen LogP) is -0.120. The molecule has 0 bridgehead atoms. The lowest BCUT2D eigenvalue weighted by atomic mass is 10.1. The quantitative estimate of drug-likeness (QED) is 0.584. The van der Waals surface area contributed by atoms with Gasteiger partial charge in [0, 0.05) is 0 Å². The third-order valence-electron chi connectivity index (χ3n) is 1.95. The molecule has 1 aliphatic rings. The minimum Gasteiger partial charge on any atom is -0.394 e. The molecule has 0 aliphatic carbocycles. The van der Waals surface area contributed by atoms with Gasteiger partial charge in [-0.3, -0.25) is 0 Å². The molecule has 0 radical (unpaired) electrons. The van der Waals surface area contributed by atoms with Gasteiger partial charge in [-0.25, -0.2) is 0 Å². The molecule has 1 fully saturated rings. The number of aliphatic hydroxyl groups is 2. The Bertz CT molecular complexity index is 157. The second kappa shape index (κ2) is 3.30. The summed E-state index contributed by atoms with van der Waals surface area (Å²) in [6.45, 7) is 5.10. The van der Waals surface area contributed by atoms with Crippen molar-refractivity contribution in [3.05, 3.63) is 0 Å². The van der Waals surface area contributed by atoms with Gasteiger partial charge >= 0.3 is 0 Å². The van der Waals surface area contributed by atoms with E-state index >= 15 is 0 Å². The van der Waals surface area contributed by atoms with Gasteiger partial charge in [-0.15, -0.1) is 0 Å². The summed E-state index contributed by atoms with van der Waals surface area (Å²) in [5.74, 6) is -0.716. The number of aliphatic hydroxyl groups excluding tert-OH is 2. The first kappa shape index (κ1) is 9.92. The van der Waals surface area contributed by atoms with E-state index in [2.05, 4.69) is 0 Å². The van der Waals surface area contributed by atoms with E-state index in [0.29, 0.717) is 0 Å². The molecule has 0 aromatic heterocycles. The number of hydrogen-bond donors (Lipinski definition) is 2. The van der Waals surface area contributed by atoms with Gasteiger partial charge < -0.3 is 19.7 Å². The van der Waals surface area contributed by atoms with Gasteiger partial charge in [0.05, 0.1) is 12.7 Å². The molecule has 1 heterocycles. The number of ether oxygens (including phenoxy) is 2. The fraction of sp³-hybridized carbons (Fsp3) is 1.00. The highest BCUT2D eigenvalue weighted by atomic mass is 16.7. The minimum atomic E-state index is -0.747. The van der Waals surface area contributed by atoms with Crippen LogP contribution < -0.4 is 0 Å². The Hall–Kier alpha value is -0.160. The van der Waals surface area contributed by atoms with Gasteiger partial charge in [-0.2, -0.15) is 0 Å². The third kappa shape index (κ3) is 1.95. The Balaban J connectivity index is 2.65. The molecule has 2 N–H and O–H groups in total. The molecule has 0 spiro atoms. The van der Waals surface area contributed by atoms with E-state index < -0.39 is 18.0 Å². The summed E-state index contributed by atoms with van der Waals surface area (Å²) in [5.41, 5.74) is 0. The molecule has 1 aliphatic heterocycles. The lowest BCUT2D eigenvalue weighted by molar-refractivity contribution is -0.332. The SMILES string of the molecule is CC1OC(C)(C)OC(CO)C1O. The van der Waals surface area contributed by atoms with Gasteiger partial charge in [0.25, 0.3) is 0 Å². The molecule has 0 aromatic rings. The van der Waals surface area contributed by atoms with Crippen LogP contribution in [0.1, 0.15) is 20.8 Å². The van der Waals surface area contributed by atoms with E-state index in [-0.39, 0.29) is 12.7 Å². The molecule has 3 atom stereocenters. The number of hydrogen-bond acceptors (Lipinski definition) is 4. The average molecular weight is 176 g/mol. The van der Waals surface area contributed by atoms with Crippen molar-refractivity contribution >= 4 is 0 Å². The topological polar surface area (TPSA) is 58.9 Å². The fourth-order valence-electron chi connectivity index (χ4n) is 1.43. The van der Waals surface area contributed by atoms with Crippen LogP contribution in [0, 0.1) is 0 Å². The first-order valence-corrected chi connectivity index (χ1v) is 4.11. The highest BCUT2D eigenvalue weighted by Gasteiger charge is 2.39. The highest BCUT2D eigenvalue weighted by molar-refractivity contribution is 4.81. The minimum absolute atomic E-state index is 0.182. The van der Waals surface area contributed by atoms with Crippen molar-refractivity contribution in [2.75, 3.05) is 6.61 Å². The van der Waals surface area contributed by atoms with Crippen LogP contribution in [0.5, 0.6) is 0 Å². The third-order valence-corrected chi connectivity index (χ3v) is 1.95. The molecule has 12 heavy (non-hydrogen) atoms. The fourth-order valence-corrected chi connectivity index (χ4v) is 1.43. The van der Waals surface area contributed by atoms with E-state index in [1.165, 1.54) is 0 Å². The van der Waals surface area contributed by atoms with E-state index in [9.17, 15) is 5.11 Å². The molecular formula is C8H16O4. The normalized spacial score (nSPS) is 41.2. The molecule has 0 saturated carbocycles. The first-order valence-electron chi connectivity index (χ1n) is 4.11. The monoisotopic (exact) mass is 176 g/mol. The van der Waals surface area contributed by atoms with Crippen LogP contribution >= 0.6 is 0 Å². The predicted molar refractivity (Wildman–Crippen MR) is 42.6 cm³/mol. The zero-order valence-electron chi connectivity index (χ0n) is 7.65. The molecule has 4 nitrogen and oxygen atoms in total. The Kier molecular flexibility index (Phi) is 2.73. The molecule has 1 rings (SSSR count). The lowest BCUT2D eigenvalue weighted by Crippen LogP contribution is -2.54. The maximum absolute atomic E-state index is 9.46. The smallest absolute Gasteiger partial charge is 0.163 e. The summed E-state index contributed by atoms with van der Waals surface area (Å²) in [7, 11) is 0. The van der Waals surface area contributed by atoms with Crippen molar-refractivity contribution in [1.29, 1.82) is 0 Å². The van der Waals surface area contributed by atoms with Crippen molar-refractivity contribution in [3.8, 4) is 0 Å². The van der Waals surface area contributed by atoms with Crippen molar-refractivity contribution < 1.29 is 19.7 Å². The van der Waals surface area contributed by atoms with Gasteiger partial charge in [0.15, 0.2) is 5.79 Å².